The number of nitrogens with one attached hydrogen (secondary N) is 1. The van der Waals surface area contributed by atoms with Crippen LogP contribution in [-0.4, -0.2) is 34.3 Å². The summed E-state index contributed by atoms with van der Waals surface area (Å²) in [6.07, 6.45) is -0.362. The van der Waals surface area contributed by atoms with Gasteiger partial charge in [-0.05, 0) is 38.5 Å². The van der Waals surface area contributed by atoms with Crippen molar-refractivity contribution < 1.29 is 19.1 Å². The van der Waals surface area contributed by atoms with Gasteiger partial charge in [-0.2, -0.15) is 0 Å². The zero-order valence-electron chi connectivity index (χ0n) is 18.3. The number of fused-ring (bicyclic) bond motifs is 1. The van der Waals surface area contributed by atoms with Crippen LogP contribution in [0.2, 0.25) is 0 Å². The van der Waals surface area contributed by atoms with Crippen LogP contribution in [0.4, 0.5) is 5.82 Å². The van der Waals surface area contributed by atoms with Crippen molar-refractivity contribution >= 4 is 17.8 Å². The summed E-state index contributed by atoms with van der Waals surface area (Å²) in [4.78, 5) is 50.4. The largest absolute Gasteiger partial charge is 0.465 e. The lowest BCUT2D eigenvalue weighted by molar-refractivity contribution is -0.143. The number of rotatable bonds is 4. The number of nitrogens with zero attached hydrogens (tertiary/aromatic N) is 2. The minimum Gasteiger partial charge on any atom is -0.465 e. The van der Waals surface area contributed by atoms with Crippen molar-refractivity contribution in [1.82, 2.24) is 9.13 Å². The SMILES string of the molecule is COC(=O)c1ccc([C@H]2C(C(=O)OC(C)C)=C(C)Nc3c2c(=O)n(C)c(=O)n3C)cc1. The molecule has 164 valence electrons. The van der Waals surface area contributed by atoms with E-state index in [1.807, 2.05) is 0 Å². The number of allylic oxidation sites excluding steroid dienone is 1. The first-order valence-corrected chi connectivity index (χ1v) is 9.75. The average Bonchev–Trinajstić information content (AvgIpc) is 2.74. The van der Waals surface area contributed by atoms with Crippen LogP contribution in [0.5, 0.6) is 0 Å². The monoisotopic (exact) mass is 427 g/mol. The first-order chi connectivity index (χ1) is 14.6. The van der Waals surface area contributed by atoms with Gasteiger partial charge in [-0.3, -0.25) is 13.9 Å². The third kappa shape index (κ3) is 3.78. The van der Waals surface area contributed by atoms with E-state index in [1.54, 1.807) is 52.1 Å². The molecule has 1 aliphatic heterocycles. The number of carbonyl (C=O) groups excluding carboxylic acids is 2. The Balaban J connectivity index is 2.30. The van der Waals surface area contributed by atoms with Gasteiger partial charge in [0.15, 0.2) is 0 Å². The highest BCUT2D eigenvalue weighted by molar-refractivity contribution is 5.94. The standard InChI is InChI=1S/C22H25N3O6/c1-11(2)31-21(28)15-12(3)23-18-17(19(26)25(5)22(29)24(18)4)16(15)13-7-9-14(10-8-13)20(27)30-6/h7-11,16,23H,1-6H3/t16-/m0/s1. The van der Waals surface area contributed by atoms with Crippen molar-refractivity contribution in [3.8, 4) is 0 Å². The molecule has 0 fully saturated rings. The highest BCUT2D eigenvalue weighted by Crippen LogP contribution is 2.40. The molecular formula is C22H25N3O6. The summed E-state index contributed by atoms with van der Waals surface area (Å²) in [5.41, 5.74) is 0.914. The van der Waals surface area contributed by atoms with Crippen molar-refractivity contribution in [1.29, 1.82) is 0 Å². The Kier molecular flexibility index (Phi) is 5.88. The van der Waals surface area contributed by atoms with Crippen molar-refractivity contribution in [2.45, 2.75) is 32.8 Å². The first-order valence-electron chi connectivity index (χ1n) is 9.75. The topological polar surface area (TPSA) is 109 Å². The normalized spacial score (nSPS) is 15.4. The van der Waals surface area contributed by atoms with Gasteiger partial charge < -0.3 is 14.8 Å². The molecule has 9 heteroatoms. The van der Waals surface area contributed by atoms with Crippen LogP contribution in [0.15, 0.2) is 45.1 Å². The lowest BCUT2D eigenvalue weighted by Gasteiger charge is -2.31. The summed E-state index contributed by atoms with van der Waals surface area (Å²) in [6.45, 7) is 5.17. The molecular weight excluding hydrogens is 402 g/mol. The van der Waals surface area contributed by atoms with E-state index in [4.69, 9.17) is 9.47 Å². The van der Waals surface area contributed by atoms with Gasteiger partial charge in [0.1, 0.15) is 5.82 Å². The molecule has 1 aromatic heterocycles. The second-order valence-corrected chi connectivity index (χ2v) is 7.63. The summed E-state index contributed by atoms with van der Waals surface area (Å²) >= 11 is 0. The molecule has 3 rings (SSSR count). The van der Waals surface area contributed by atoms with E-state index < -0.39 is 29.1 Å². The second kappa shape index (κ2) is 8.25. The number of esters is 2. The predicted octanol–water partition coefficient (Wildman–Crippen LogP) is 1.65. The zero-order chi connectivity index (χ0) is 23.0. The number of hydrogen-bond donors (Lipinski definition) is 1. The number of benzene rings is 1. The molecule has 1 aliphatic rings. The van der Waals surface area contributed by atoms with Crippen molar-refractivity contribution in [2.24, 2.45) is 14.1 Å². The smallest absolute Gasteiger partial charge is 0.337 e. The van der Waals surface area contributed by atoms with Crippen LogP contribution in [0.1, 0.15) is 48.2 Å². The van der Waals surface area contributed by atoms with Crippen LogP contribution in [-0.2, 0) is 28.4 Å². The van der Waals surface area contributed by atoms with Gasteiger partial charge in [0.2, 0.25) is 0 Å². The third-order valence-electron chi connectivity index (χ3n) is 5.21. The second-order valence-electron chi connectivity index (χ2n) is 7.63. The van der Waals surface area contributed by atoms with Crippen LogP contribution < -0.4 is 16.6 Å². The fraction of sp³-hybridized carbons (Fsp3) is 0.364. The fourth-order valence-electron chi connectivity index (χ4n) is 3.70. The minimum absolute atomic E-state index is 0.247. The van der Waals surface area contributed by atoms with E-state index in [0.29, 0.717) is 22.6 Å². The molecule has 9 nitrogen and oxygen atoms in total. The summed E-state index contributed by atoms with van der Waals surface area (Å²) in [6, 6.07) is 6.45. The minimum atomic E-state index is -0.792. The third-order valence-corrected chi connectivity index (χ3v) is 5.21. The molecule has 0 unspecified atom stereocenters. The van der Waals surface area contributed by atoms with Gasteiger partial charge in [0.25, 0.3) is 5.56 Å². The van der Waals surface area contributed by atoms with Gasteiger partial charge in [-0.25, -0.2) is 14.4 Å². The van der Waals surface area contributed by atoms with E-state index in [1.165, 1.54) is 18.7 Å². The fourth-order valence-corrected chi connectivity index (χ4v) is 3.70. The molecule has 2 aromatic rings. The first kappa shape index (κ1) is 22.1. The highest BCUT2D eigenvalue weighted by atomic mass is 16.5. The maximum atomic E-state index is 13.1. The number of methoxy groups -OCH3 is 1. The molecule has 0 amide bonds. The van der Waals surface area contributed by atoms with E-state index in [9.17, 15) is 19.2 Å². The molecule has 0 spiro atoms. The molecule has 1 N–H and O–H groups in total. The maximum Gasteiger partial charge on any atom is 0.337 e. The van der Waals surface area contributed by atoms with E-state index in [-0.39, 0.29) is 17.2 Å². The predicted molar refractivity (Wildman–Crippen MR) is 114 cm³/mol. The van der Waals surface area contributed by atoms with Gasteiger partial charge in [0, 0.05) is 19.8 Å². The van der Waals surface area contributed by atoms with Gasteiger partial charge in [0.05, 0.1) is 35.8 Å². The Labute approximate surface area is 178 Å². The summed E-state index contributed by atoms with van der Waals surface area (Å²) in [5.74, 6) is -1.54. The van der Waals surface area contributed by atoms with E-state index in [2.05, 4.69) is 5.32 Å². The number of aromatic nitrogens is 2. The van der Waals surface area contributed by atoms with Gasteiger partial charge in [-0.1, -0.05) is 12.1 Å². The number of anilines is 1. The van der Waals surface area contributed by atoms with Crippen LogP contribution in [0.25, 0.3) is 0 Å². The molecule has 0 radical (unpaired) electrons. The Morgan fingerprint density at radius 1 is 1.03 bits per heavy atom. The number of carbonyl (C=O) groups is 2. The Morgan fingerprint density at radius 2 is 1.65 bits per heavy atom. The maximum absolute atomic E-state index is 13.1. The van der Waals surface area contributed by atoms with Crippen molar-refractivity contribution in [3.05, 3.63) is 73.1 Å². The Bertz CT molecular complexity index is 1200. The molecule has 0 aliphatic carbocycles. The Hall–Kier alpha value is -3.62. The molecule has 1 aromatic carbocycles. The van der Waals surface area contributed by atoms with Gasteiger partial charge >= 0.3 is 17.6 Å². The van der Waals surface area contributed by atoms with Crippen LogP contribution >= 0.6 is 0 Å². The molecule has 0 bridgehead atoms. The van der Waals surface area contributed by atoms with Crippen LogP contribution in [0.3, 0.4) is 0 Å². The number of hydrogen-bond acceptors (Lipinski definition) is 7. The Morgan fingerprint density at radius 3 is 2.19 bits per heavy atom. The summed E-state index contributed by atoms with van der Waals surface area (Å²) in [7, 11) is 4.23. The number of ether oxygens (including phenoxy) is 2. The molecule has 0 saturated heterocycles. The van der Waals surface area contributed by atoms with Crippen molar-refractivity contribution in [2.75, 3.05) is 12.4 Å². The highest BCUT2D eigenvalue weighted by Gasteiger charge is 2.37. The average molecular weight is 427 g/mol. The molecule has 1 atom stereocenters. The van der Waals surface area contributed by atoms with Crippen LogP contribution in [0, 0.1) is 0 Å². The molecule has 31 heavy (non-hydrogen) atoms. The van der Waals surface area contributed by atoms with E-state index in [0.717, 1.165) is 4.57 Å². The lowest BCUT2D eigenvalue weighted by Crippen LogP contribution is -2.43. The zero-order valence-corrected chi connectivity index (χ0v) is 18.3. The summed E-state index contributed by atoms with van der Waals surface area (Å²) in [5, 5.41) is 3.03. The molecule has 2 heterocycles. The summed E-state index contributed by atoms with van der Waals surface area (Å²) < 4.78 is 12.5. The lowest BCUT2D eigenvalue weighted by atomic mass is 9.82. The van der Waals surface area contributed by atoms with Crippen molar-refractivity contribution in [3.63, 3.8) is 0 Å². The van der Waals surface area contributed by atoms with Gasteiger partial charge in [-0.15, -0.1) is 0 Å². The quantitative estimate of drug-likeness (QED) is 0.739. The molecule has 0 saturated carbocycles. The van der Waals surface area contributed by atoms with E-state index >= 15 is 0 Å².